The summed E-state index contributed by atoms with van der Waals surface area (Å²) in [5, 5.41) is 6.31. The van der Waals surface area contributed by atoms with Gasteiger partial charge in [0.05, 0.1) is 12.5 Å². The van der Waals surface area contributed by atoms with E-state index in [1.54, 1.807) is 0 Å². The second kappa shape index (κ2) is 7.05. The first-order chi connectivity index (χ1) is 10.3. The Labute approximate surface area is 126 Å². The Kier molecular flexibility index (Phi) is 4.88. The van der Waals surface area contributed by atoms with Gasteiger partial charge in [0.1, 0.15) is 0 Å². The van der Waals surface area contributed by atoms with E-state index in [0.29, 0.717) is 6.61 Å². The summed E-state index contributed by atoms with van der Waals surface area (Å²) in [5.74, 6) is 0.999. The number of rotatable bonds is 6. The van der Waals surface area contributed by atoms with Crippen LogP contribution in [0.3, 0.4) is 0 Å². The van der Waals surface area contributed by atoms with Gasteiger partial charge < -0.3 is 15.4 Å². The topological polar surface area (TPSA) is 50.4 Å². The average molecular weight is 288 g/mol. The fourth-order valence-electron chi connectivity index (χ4n) is 2.69. The lowest BCUT2D eigenvalue weighted by Gasteiger charge is -2.22. The number of nitrogens with one attached hydrogen (secondary N) is 2. The molecule has 2 fully saturated rings. The summed E-state index contributed by atoms with van der Waals surface area (Å²) in [5.41, 5.74) is 1.99. The van der Waals surface area contributed by atoms with Crippen molar-refractivity contribution in [3.63, 3.8) is 0 Å². The first kappa shape index (κ1) is 14.5. The molecule has 1 aromatic rings. The van der Waals surface area contributed by atoms with Crippen LogP contribution in [0.1, 0.15) is 31.2 Å². The summed E-state index contributed by atoms with van der Waals surface area (Å²) >= 11 is 0. The number of carbonyl (C=O) groups is 1. The molecule has 0 aromatic heterocycles. The monoisotopic (exact) mass is 288 g/mol. The molecule has 1 aliphatic carbocycles. The van der Waals surface area contributed by atoms with Gasteiger partial charge in [-0.3, -0.25) is 4.79 Å². The zero-order valence-electron chi connectivity index (χ0n) is 12.4. The average Bonchev–Trinajstić information content (AvgIpc) is 3.33. The predicted octanol–water partition coefficient (Wildman–Crippen LogP) is 2.55. The van der Waals surface area contributed by atoms with Gasteiger partial charge in [-0.1, -0.05) is 12.1 Å². The van der Waals surface area contributed by atoms with E-state index in [0.717, 1.165) is 49.7 Å². The van der Waals surface area contributed by atoms with E-state index in [4.69, 9.17) is 4.74 Å². The van der Waals surface area contributed by atoms with Gasteiger partial charge in [0.2, 0.25) is 5.91 Å². The molecule has 2 aliphatic rings. The van der Waals surface area contributed by atoms with E-state index in [1.165, 1.54) is 12.8 Å². The number of hydrogen-bond donors (Lipinski definition) is 2. The van der Waals surface area contributed by atoms with Gasteiger partial charge in [-0.25, -0.2) is 0 Å². The smallest absolute Gasteiger partial charge is 0.228 e. The minimum Gasteiger partial charge on any atom is -0.376 e. The molecule has 1 aromatic carbocycles. The van der Waals surface area contributed by atoms with Crippen molar-refractivity contribution in [2.75, 3.05) is 25.0 Å². The second-order valence-corrected chi connectivity index (χ2v) is 6.19. The van der Waals surface area contributed by atoms with Crippen LogP contribution < -0.4 is 10.6 Å². The number of ether oxygens (including phenoxy) is 1. The van der Waals surface area contributed by atoms with Gasteiger partial charge in [-0.15, -0.1) is 0 Å². The molecule has 0 radical (unpaired) electrons. The SMILES string of the molecule is O=C(Nc1cccc(COCC2CC2)c1)C1CCCNC1. The first-order valence-corrected chi connectivity index (χ1v) is 7.99. The van der Waals surface area contributed by atoms with Gasteiger partial charge in [-0.2, -0.15) is 0 Å². The molecule has 4 heteroatoms. The molecule has 114 valence electrons. The highest BCUT2D eigenvalue weighted by molar-refractivity contribution is 5.92. The lowest BCUT2D eigenvalue weighted by Crippen LogP contribution is -2.37. The third-order valence-corrected chi connectivity index (χ3v) is 4.18. The predicted molar refractivity (Wildman–Crippen MR) is 83.0 cm³/mol. The highest BCUT2D eigenvalue weighted by Gasteiger charge is 2.22. The second-order valence-electron chi connectivity index (χ2n) is 6.19. The Balaban J connectivity index is 1.50. The van der Waals surface area contributed by atoms with Gasteiger partial charge in [0.15, 0.2) is 0 Å². The van der Waals surface area contributed by atoms with E-state index in [-0.39, 0.29) is 11.8 Å². The molecule has 3 rings (SSSR count). The molecular formula is C17H24N2O2. The Morgan fingerprint density at radius 2 is 2.24 bits per heavy atom. The summed E-state index contributed by atoms with van der Waals surface area (Å²) in [4.78, 5) is 12.2. The normalized spacial score (nSPS) is 22.0. The number of anilines is 1. The lowest BCUT2D eigenvalue weighted by atomic mass is 9.99. The standard InChI is InChI=1S/C17H24N2O2/c20-17(15-4-2-8-18-10-15)19-16-5-1-3-14(9-16)12-21-11-13-6-7-13/h1,3,5,9,13,15,18H,2,4,6-8,10-12H2,(H,19,20). The van der Waals surface area contributed by atoms with Crippen molar-refractivity contribution in [1.29, 1.82) is 0 Å². The van der Waals surface area contributed by atoms with E-state index in [9.17, 15) is 4.79 Å². The van der Waals surface area contributed by atoms with E-state index >= 15 is 0 Å². The van der Waals surface area contributed by atoms with E-state index < -0.39 is 0 Å². The molecule has 21 heavy (non-hydrogen) atoms. The first-order valence-electron chi connectivity index (χ1n) is 7.99. The van der Waals surface area contributed by atoms with Crippen LogP contribution in [0.15, 0.2) is 24.3 Å². The minimum atomic E-state index is 0.0912. The molecule has 1 atom stereocenters. The number of carbonyl (C=O) groups excluding carboxylic acids is 1. The summed E-state index contributed by atoms with van der Waals surface area (Å²) < 4.78 is 5.70. The minimum absolute atomic E-state index is 0.0912. The summed E-state index contributed by atoms with van der Waals surface area (Å²) in [6.07, 6.45) is 4.67. The van der Waals surface area contributed by atoms with Crippen LogP contribution >= 0.6 is 0 Å². The van der Waals surface area contributed by atoms with Gasteiger partial charge in [-0.05, 0) is 55.8 Å². The molecule has 4 nitrogen and oxygen atoms in total. The molecule has 1 unspecified atom stereocenters. The Morgan fingerprint density at radius 1 is 1.33 bits per heavy atom. The molecule has 1 aliphatic heterocycles. The van der Waals surface area contributed by atoms with Crippen molar-refractivity contribution >= 4 is 11.6 Å². The maximum atomic E-state index is 12.2. The van der Waals surface area contributed by atoms with Gasteiger partial charge in [0, 0.05) is 18.8 Å². The molecular weight excluding hydrogens is 264 g/mol. The van der Waals surface area contributed by atoms with E-state index in [2.05, 4.69) is 10.6 Å². The molecule has 1 saturated carbocycles. The van der Waals surface area contributed by atoms with Gasteiger partial charge >= 0.3 is 0 Å². The Morgan fingerprint density at radius 3 is 3.00 bits per heavy atom. The number of piperidine rings is 1. The summed E-state index contributed by atoms with van der Waals surface area (Å²) in [6.45, 7) is 3.31. The zero-order chi connectivity index (χ0) is 14.5. The molecule has 0 spiro atoms. The number of amides is 1. The van der Waals surface area contributed by atoms with Crippen molar-refractivity contribution in [3.8, 4) is 0 Å². The van der Waals surface area contributed by atoms with Crippen LogP contribution in [-0.4, -0.2) is 25.6 Å². The largest absolute Gasteiger partial charge is 0.376 e. The van der Waals surface area contributed by atoms with Crippen LogP contribution in [0.4, 0.5) is 5.69 Å². The van der Waals surface area contributed by atoms with Crippen molar-refractivity contribution in [1.82, 2.24) is 5.32 Å². The molecule has 2 N–H and O–H groups in total. The van der Waals surface area contributed by atoms with Crippen molar-refractivity contribution in [2.24, 2.45) is 11.8 Å². The fraction of sp³-hybridized carbons (Fsp3) is 0.588. The Hall–Kier alpha value is -1.39. The Bertz CT molecular complexity index is 479. The lowest BCUT2D eigenvalue weighted by molar-refractivity contribution is -0.120. The van der Waals surface area contributed by atoms with Crippen molar-refractivity contribution < 1.29 is 9.53 Å². The van der Waals surface area contributed by atoms with Crippen molar-refractivity contribution in [2.45, 2.75) is 32.3 Å². The third-order valence-electron chi connectivity index (χ3n) is 4.18. The summed E-state index contributed by atoms with van der Waals surface area (Å²) in [6, 6.07) is 7.98. The highest BCUT2D eigenvalue weighted by atomic mass is 16.5. The van der Waals surface area contributed by atoms with Crippen LogP contribution in [0, 0.1) is 11.8 Å². The third kappa shape index (κ3) is 4.55. The maximum Gasteiger partial charge on any atom is 0.228 e. The van der Waals surface area contributed by atoms with Crippen molar-refractivity contribution in [3.05, 3.63) is 29.8 Å². The number of hydrogen-bond acceptors (Lipinski definition) is 3. The van der Waals surface area contributed by atoms with Gasteiger partial charge in [0.25, 0.3) is 0 Å². The molecule has 1 heterocycles. The highest BCUT2D eigenvalue weighted by Crippen LogP contribution is 2.29. The van der Waals surface area contributed by atoms with Crippen LogP contribution in [0.2, 0.25) is 0 Å². The maximum absolute atomic E-state index is 12.2. The number of benzene rings is 1. The zero-order valence-corrected chi connectivity index (χ0v) is 12.4. The fourth-order valence-corrected chi connectivity index (χ4v) is 2.69. The van der Waals surface area contributed by atoms with Crippen LogP contribution in [0.25, 0.3) is 0 Å². The molecule has 1 saturated heterocycles. The van der Waals surface area contributed by atoms with E-state index in [1.807, 2.05) is 24.3 Å². The quantitative estimate of drug-likeness (QED) is 0.846. The van der Waals surface area contributed by atoms with Crippen LogP contribution in [0.5, 0.6) is 0 Å². The van der Waals surface area contributed by atoms with Crippen LogP contribution in [-0.2, 0) is 16.1 Å². The molecule has 0 bridgehead atoms. The summed E-state index contributed by atoms with van der Waals surface area (Å²) in [7, 11) is 0. The molecule has 1 amide bonds.